The van der Waals surface area contributed by atoms with Crippen molar-refractivity contribution in [1.82, 2.24) is 0 Å². The first-order valence-electron chi connectivity index (χ1n) is 9.68. The monoisotopic (exact) mass is 457 g/mol. The summed E-state index contributed by atoms with van der Waals surface area (Å²) in [5.41, 5.74) is 2.07. The number of nitrogens with one attached hydrogen (secondary N) is 1. The highest BCUT2D eigenvalue weighted by Crippen LogP contribution is 2.37. The van der Waals surface area contributed by atoms with E-state index in [0.717, 1.165) is 11.8 Å². The molecule has 0 bridgehead atoms. The van der Waals surface area contributed by atoms with Gasteiger partial charge in [-0.05, 0) is 30.3 Å². The number of carbonyl (C=O) groups excluding carboxylic acids is 1. The Hall–Kier alpha value is -3.43. The molecule has 1 unspecified atom stereocenters. The van der Waals surface area contributed by atoms with E-state index in [0.29, 0.717) is 16.9 Å². The van der Waals surface area contributed by atoms with E-state index in [1.54, 1.807) is 0 Å². The first-order chi connectivity index (χ1) is 15.3. The quantitative estimate of drug-likeness (QED) is 0.559. The Kier molecular flexibility index (Phi) is 6.11. The highest BCUT2D eigenvalue weighted by molar-refractivity contribution is 7.92. The van der Waals surface area contributed by atoms with Crippen molar-refractivity contribution in [3.8, 4) is 5.75 Å². The number of fused-ring (bicyclic) bond motifs is 1. The van der Waals surface area contributed by atoms with E-state index in [1.165, 1.54) is 36.4 Å². The zero-order valence-electron chi connectivity index (χ0n) is 17.1. The van der Waals surface area contributed by atoms with Crippen LogP contribution >= 0.6 is 0 Å². The molecule has 0 spiro atoms. The van der Waals surface area contributed by atoms with Crippen molar-refractivity contribution in [2.24, 2.45) is 0 Å². The van der Waals surface area contributed by atoms with E-state index in [2.05, 4.69) is 4.72 Å². The predicted molar refractivity (Wildman–Crippen MR) is 115 cm³/mol. The Morgan fingerprint density at radius 1 is 1.12 bits per heavy atom. The molecule has 3 aromatic rings. The number of hydrogen-bond donors (Lipinski definition) is 1. The third-order valence-electron chi connectivity index (χ3n) is 4.65. The predicted octanol–water partition coefficient (Wildman–Crippen LogP) is 4.16. The van der Waals surface area contributed by atoms with Crippen molar-refractivity contribution in [2.45, 2.75) is 19.5 Å². The van der Waals surface area contributed by atoms with Crippen molar-refractivity contribution < 1.29 is 31.8 Å². The zero-order valence-corrected chi connectivity index (χ0v) is 17.9. The van der Waals surface area contributed by atoms with Gasteiger partial charge in [-0.25, -0.2) is 17.6 Å². The molecule has 1 aliphatic rings. The molecule has 9 heteroatoms. The summed E-state index contributed by atoms with van der Waals surface area (Å²) < 4.78 is 56.2. The lowest BCUT2D eigenvalue weighted by molar-refractivity contribution is -0.112. The molecular weight excluding hydrogens is 437 g/mol. The van der Waals surface area contributed by atoms with Gasteiger partial charge >= 0.3 is 5.97 Å². The second kappa shape index (κ2) is 8.97. The maximum atomic E-state index is 14.1. The summed E-state index contributed by atoms with van der Waals surface area (Å²) >= 11 is 0. The Balaban J connectivity index is 1.51. The maximum Gasteiger partial charge on any atom is 0.338 e. The molecule has 1 atom stereocenters. The largest absolute Gasteiger partial charge is 0.460 e. The van der Waals surface area contributed by atoms with Crippen LogP contribution in [0.1, 0.15) is 33.3 Å². The van der Waals surface area contributed by atoms with Crippen LogP contribution in [0.25, 0.3) is 0 Å². The Bertz CT molecular complexity index is 1250. The Morgan fingerprint density at radius 2 is 1.91 bits per heavy atom. The number of anilines is 1. The summed E-state index contributed by atoms with van der Waals surface area (Å²) in [5.74, 6) is -0.780. The second-order valence-electron chi connectivity index (χ2n) is 7.26. The van der Waals surface area contributed by atoms with Gasteiger partial charge in [0.2, 0.25) is 16.3 Å². The number of sulfonamides is 1. The molecular formula is C23H20FNO6S. The molecule has 0 amide bonds. The fraction of sp³-hybridized carbons (Fsp3) is 0.174. The molecule has 1 N–H and O–H groups in total. The van der Waals surface area contributed by atoms with Gasteiger partial charge in [0.05, 0.1) is 18.4 Å². The SMILES string of the molecule is CS(=O)(=O)Nc1cccc(C(=O)OCc2cc(F)cc3c2OC(c2ccccc2)OC3)c1. The molecule has 0 fully saturated rings. The van der Waals surface area contributed by atoms with Crippen LogP contribution in [0.4, 0.5) is 10.1 Å². The maximum absolute atomic E-state index is 14.1. The van der Waals surface area contributed by atoms with Crippen molar-refractivity contribution in [3.05, 3.63) is 94.8 Å². The molecule has 166 valence electrons. The third kappa shape index (κ3) is 5.24. The fourth-order valence-corrected chi connectivity index (χ4v) is 3.86. The summed E-state index contributed by atoms with van der Waals surface area (Å²) in [6.45, 7) is -0.0863. The zero-order chi connectivity index (χ0) is 22.7. The van der Waals surface area contributed by atoms with Crippen LogP contribution in [-0.2, 0) is 32.7 Å². The van der Waals surface area contributed by atoms with E-state index < -0.39 is 28.1 Å². The van der Waals surface area contributed by atoms with E-state index in [4.69, 9.17) is 14.2 Å². The molecule has 32 heavy (non-hydrogen) atoms. The van der Waals surface area contributed by atoms with Gasteiger partial charge in [-0.1, -0.05) is 36.4 Å². The molecule has 0 saturated carbocycles. The minimum atomic E-state index is -3.49. The second-order valence-corrected chi connectivity index (χ2v) is 9.00. The van der Waals surface area contributed by atoms with Gasteiger partial charge in [0, 0.05) is 22.4 Å². The number of hydrogen-bond acceptors (Lipinski definition) is 6. The molecule has 3 aromatic carbocycles. The van der Waals surface area contributed by atoms with Crippen molar-refractivity contribution >= 4 is 21.7 Å². The first-order valence-corrected chi connectivity index (χ1v) is 11.6. The van der Waals surface area contributed by atoms with Crippen LogP contribution in [-0.4, -0.2) is 20.6 Å². The number of benzene rings is 3. The topological polar surface area (TPSA) is 90.9 Å². The Labute approximate surface area is 184 Å². The third-order valence-corrected chi connectivity index (χ3v) is 5.26. The van der Waals surface area contributed by atoms with Crippen LogP contribution in [0.5, 0.6) is 5.75 Å². The average Bonchev–Trinajstić information content (AvgIpc) is 2.76. The average molecular weight is 457 g/mol. The number of esters is 1. The van der Waals surface area contributed by atoms with Crippen molar-refractivity contribution in [3.63, 3.8) is 0 Å². The summed E-state index contributed by atoms with van der Waals surface area (Å²) in [5, 5.41) is 0. The first kappa shape index (κ1) is 21.8. The number of halogens is 1. The fourth-order valence-electron chi connectivity index (χ4n) is 3.31. The molecule has 0 radical (unpaired) electrons. The van der Waals surface area contributed by atoms with E-state index in [1.807, 2.05) is 30.3 Å². The minimum Gasteiger partial charge on any atom is -0.460 e. The molecule has 0 saturated heterocycles. The number of rotatable bonds is 6. The lowest BCUT2D eigenvalue weighted by atomic mass is 10.1. The van der Waals surface area contributed by atoms with Crippen LogP contribution in [0.3, 0.4) is 0 Å². The molecule has 7 nitrogen and oxygen atoms in total. The van der Waals surface area contributed by atoms with Gasteiger partial charge in [0.15, 0.2) is 0 Å². The van der Waals surface area contributed by atoms with E-state index in [-0.39, 0.29) is 24.5 Å². The molecule has 0 aliphatic carbocycles. The minimum absolute atomic E-state index is 0.146. The summed E-state index contributed by atoms with van der Waals surface area (Å²) in [6, 6.07) is 17.8. The van der Waals surface area contributed by atoms with Crippen LogP contribution < -0.4 is 9.46 Å². The lowest BCUT2D eigenvalue weighted by Gasteiger charge is -2.28. The van der Waals surface area contributed by atoms with E-state index >= 15 is 0 Å². The van der Waals surface area contributed by atoms with Crippen molar-refractivity contribution in [2.75, 3.05) is 11.0 Å². The van der Waals surface area contributed by atoms with Crippen LogP contribution in [0, 0.1) is 5.82 Å². The van der Waals surface area contributed by atoms with Crippen molar-refractivity contribution in [1.29, 1.82) is 0 Å². The summed E-state index contributed by atoms with van der Waals surface area (Å²) in [6.07, 6.45) is 0.347. The summed E-state index contributed by atoms with van der Waals surface area (Å²) in [7, 11) is -3.49. The molecule has 4 rings (SSSR count). The molecule has 1 heterocycles. The number of ether oxygens (including phenoxy) is 3. The standard InChI is InChI=1S/C23H20FNO6S/c1-32(27,28)25-20-9-5-8-16(12-20)22(26)29-13-17-10-19(24)11-18-14-30-23(31-21(17)18)15-6-3-2-4-7-15/h2-12,23,25H,13-14H2,1H3. The van der Waals surface area contributed by atoms with Gasteiger partial charge in [-0.3, -0.25) is 4.72 Å². The highest BCUT2D eigenvalue weighted by atomic mass is 32.2. The van der Waals surface area contributed by atoms with Gasteiger partial charge in [-0.2, -0.15) is 0 Å². The summed E-state index contributed by atoms with van der Waals surface area (Å²) in [4.78, 5) is 12.5. The normalized spacial score (nSPS) is 15.4. The highest BCUT2D eigenvalue weighted by Gasteiger charge is 2.25. The van der Waals surface area contributed by atoms with Gasteiger partial charge < -0.3 is 14.2 Å². The number of carbonyl (C=O) groups is 1. The molecule has 1 aliphatic heterocycles. The Morgan fingerprint density at radius 3 is 2.66 bits per heavy atom. The smallest absolute Gasteiger partial charge is 0.338 e. The van der Waals surface area contributed by atoms with Crippen LogP contribution in [0.15, 0.2) is 66.7 Å². The van der Waals surface area contributed by atoms with Gasteiger partial charge in [0.25, 0.3) is 0 Å². The lowest BCUT2D eigenvalue weighted by Crippen LogP contribution is -2.20. The van der Waals surface area contributed by atoms with E-state index in [9.17, 15) is 17.6 Å². The van der Waals surface area contributed by atoms with Gasteiger partial charge in [-0.15, -0.1) is 0 Å². The van der Waals surface area contributed by atoms with Crippen LogP contribution in [0.2, 0.25) is 0 Å². The molecule has 0 aromatic heterocycles. The van der Waals surface area contributed by atoms with Gasteiger partial charge in [0.1, 0.15) is 18.2 Å².